The topological polar surface area (TPSA) is 196 Å². The largest absolute Gasteiger partial charge is 0.481 e. The standard InChI is InChI=1S/C14H17N3O.C10H13NO2.C4H6O4/c1-16-9-3-5-13-11(7-9)10-6-8(14(15)18)2-4-12(10)17-13;1-2-3-4-8-5-6-9(10(12)13)11-7-8;5-3(6)1-2-4(7)8/h2,4,6,9,16-17H,3,5,7H2,1H3,(H2,15,18);5-7H,2-4H2,1H3,(H,12,13);1-2H2,(H,5,6)(H,7,8)/t9-;;/m1../s1. The highest BCUT2D eigenvalue weighted by Gasteiger charge is 2.21. The molecule has 7 N–H and O–H groups in total. The first-order valence-corrected chi connectivity index (χ1v) is 12.8. The van der Waals surface area contributed by atoms with Crippen molar-refractivity contribution in [2.75, 3.05) is 7.05 Å². The summed E-state index contributed by atoms with van der Waals surface area (Å²) in [6, 6.07) is 9.53. The lowest BCUT2D eigenvalue weighted by atomic mass is 9.91. The number of benzene rings is 1. The number of pyridine rings is 1. The second kappa shape index (κ2) is 15.2. The summed E-state index contributed by atoms with van der Waals surface area (Å²) in [5.41, 5.74) is 10.9. The van der Waals surface area contributed by atoms with E-state index in [-0.39, 0.29) is 24.4 Å². The number of likely N-dealkylation sites (N-methyl/N-ethyl adjacent to an activating group) is 1. The Morgan fingerprint density at radius 3 is 2.28 bits per heavy atom. The van der Waals surface area contributed by atoms with Gasteiger partial charge in [-0.1, -0.05) is 19.4 Å². The maximum atomic E-state index is 11.3. The number of fused-ring (bicyclic) bond motifs is 3. The van der Waals surface area contributed by atoms with Crippen LogP contribution in [0.1, 0.15) is 76.7 Å². The number of hydrogen-bond donors (Lipinski definition) is 6. The Morgan fingerprint density at radius 2 is 1.77 bits per heavy atom. The van der Waals surface area contributed by atoms with Gasteiger partial charge in [0.25, 0.3) is 0 Å². The molecular formula is C28H36N4O7. The summed E-state index contributed by atoms with van der Waals surface area (Å²) in [5.74, 6) is -3.49. The second-order valence-electron chi connectivity index (χ2n) is 9.18. The van der Waals surface area contributed by atoms with Gasteiger partial charge in [-0.3, -0.25) is 14.4 Å². The molecule has 2 heterocycles. The average Bonchev–Trinajstić information content (AvgIpc) is 3.28. The third kappa shape index (κ3) is 9.86. The molecule has 1 aliphatic carbocycles. The van der Waals surface area contributed by atoms with Crippen LogP contribution in [0.15, 0.2) is 36.5 Å². The number of rotatable bonds is 9. The molecule has 1 amide bonds. The van der Waals surface area contributed by atoms with Gasteiger partial charge < -0.3 is 31.4 Å². The summed E-state index contributed by atoms with van der Waals surface area (Å²) in [6.07, 6.45) is 7.50. The number of amides is 1. The number of aromatic carboxylic acids is 1. The minimum absolute atomic E-state index is 0.111. The molecule has 1 aliphatic rings. The molecule has 3 aromatic rings. The van der Waals surface area contributed by atoms with Crippen molar-refractivity contribution in [3.05, 3.63) is 64.6 Å². The van der Waals surface area contributed by atoms with E-state index in [0.717, 1.165) is 55.0 Å². The van der Waals surface area contributed by atoms with E-state index >= 15 is 0 Å². The number of primary amides is 1. The molecule has 11 heteroatoms. The van der Waals surface area contributed by atoms with Crippen molar-refractivity contribution < 1.29 is 34.5 Å². The number of carboxylic acid groups (broad SMARTS) is 3. The highest BCUT2D eigenvalue weighted by molar-refractivity contribution is 5.98. The van der Waals surface area contributed by atoms with Crippen molar-refractivity contribution in [3.63, 3.8) is 0 Å². The minimum Gasteiger partial charge on any atom is -0.481 e. The smallest absolute Gasteiger partial charge is 0.354 e. The summed E-state index contributed by atoms with van der Waals surface area (Å²) in [6.45, 7) is 2.12. The van der Waals surface area contributed by atoms with E-state index in [1.54, 1.807) is 18.3 Å². The number of nitrogens with zero attached hydrogens (tertiary/aromatic N) is 1. The van der Waals surface area contributed by atoms with Crippen molar-refractivity contribution in [2.45, 2.75) is 64.3 Å². The van der Waals surface area contributed by atoms with Crippen LogP contribution in [0.4, 0.5) is 0 Å². The summed E-state index contributed by atoms with van der Waals surface area (Å²) in [4.78, 5) is 48.3. The highest BCUT2D eigenvalue weighted by Crippen LogP contribution is 2.29. The summed E-state index contributed by atoms with van der Waals surface area (Å²) < 4.78 is 0. The molecule has 1 aromatic carbocycles. The van der Waals surface area contributed by atoms with Gasteiger partial charge in [0, 0.05) is 34.4 Å². The van der Waals surface area contributed by atoms with Crippen LogP contribution in [0.5, 0.6) is 0 Å². The number of carbonyl (C=O) groups is 4. The van der Waals surface area contributed by atoms with E-state index in [1.807, 2.05) is 25.2 Å². The number of hydrogen-bond acceptors (Lipinski definition) is 6. The van der Waals surface area contributed by atoms with E-state index in [9.17, 15) is 19.2 Å². The fraction of sp³-hybridized carbons (Fsp3) is 0.393. The zero-order valence-corrected chi connectivity index (χ0v) is 22.2. The van der Waals surface area contributed by atoms with Gasteiger partial charge in [0.1, 0.15) is 5.69 Å². The van der Waals surface area contributed by atoms with Crippen molar-refractivity contribution >= 4 is 34.7 Å². The first kappa shape index (κ1) is 31.0. The van der Waals surface area contributed by atoms with Gasteiger partial charge in [-0.25, -0.2) is 9.78 Å². The van der Waals surface area contributed by atoms with Crippen LogP contribution in [0.25, 0.3) is 10.9 Å². The normalized spacial score (nSPS) is 13.7. The van der Waals surface area contributed by atoms with Crippen LogP contribution >= 0.6 is 0 Å². The number of aryl methyl sites for hydroxylation is 2. The quantitative estimate of drug-likeness (QED) is 0.236. The van der Waals surface area contributed by atoms with Crippen LogP contribution in [0.2, 0.25) is 0 Å². The van der Waals surface area contributed by atoms with Crippen molar-refractivity contribution in [3.8, 4) is 0 Å². The van der Waals surface area contributed by atoms with E-state index in [4.69, 9.17) is 21.1 Å². The Labute approximate surface area is 226 Å². The summed E-state index contributed by atoms with van der Waals surface area (Å²) in [7, 11) is 2.00. The molecule has 0 saturated carbocycles. The average molecular weight is 541 g/mol. The number of aliphatic carboxylic acids is 2. The number of carboxylic acids is 3. The molecule has 0 fully saturated rings. The molecular weight excluding hydrogens is 504 g/mol. The molecule has 11 nitrogen and oxygen atoms in total. The van der Waals surface area contributed by atoms with E-state index in [0.29, 0.717) is 11.6 Å². The predicted octanol–water partition coefficient (Wildman–Crippen LogP) is 3.40. The third-order valence-electron chi connectivity index (χ3n) is 6.30. The van der Waals surface area contributed by atoms with Crippen LogP contribution in [-0.4, -0.2) is 62.2 Å². The Bertz CT molecular complexity index is 1270. The first-order valence-electron chi connectivity index (χ1n) is 12.8. The van der Waals surface area contributed by atoms with Crippen LogP contribution in [0.3, 0.4) is 0 Å². The molecule has 0 saturated heterocycles. The Balaban J connectivity index is 0.000000224. The molecule has 39 heavy (non-hydrogen) atoms. The maximum absolute atomic E-state index is 11.3. The molecule has 0 bridgehead atoms. The van der Waals surface area contributed by atoms with Crippen LogP contribution < -0.4 is 11.1 Å². The van der Waals surface area contributed by atoms with Gasteiger partial charge in [-0.05, 0) is 74.5 Å². The van der Waals surface area contributed by atoms with E-state index in [2.05, 4.69) is 22.2 Å². The fourth-order valence-corrected chi connectivity index (χ4v) is 4.11. The number of nitrogens with one attached hydrogen (secondary N) is 2. The lowest BCUT2D eigenvalue weighted by molar-refractivity contribution is -0.143. The molecule has 4 rings (SSSR count). The maximum Gasteiger partial charge on any atom is 0.354 e. The lowest BCUT2D eigenvalue weighted by Crippen LogP contribution is -2.31. The molecule has 0 radical (unpaired) electrons. The summed E-state index contributed by atoms with van der Waals surface area (Å²) in [5, 5.41) is 28.9. The minimum atomic E-state index is -1.08. The van der Waals surface area contributed by atoms with Gasteiger partial charge in [-0.15, -0.1) is 0 Å². The third-order valence-corrected chi connectivity index (χ3v) is 6.30. The number of nitrogens with two attached hydrogens (primary N) is 1. The molecule has 2 aromatic heterocycles. The Kier molecular flexibility index (Phi) is 12.1. The zero-order valence-electron chi connectivity index (χ0n) is 22.2. The number of aromatic amines is 1. The first-order chi connectivity index (χ1) is 18.5. The molecule has 1 atom stereocenters. The van der Waals surface area contributed by atoms with Crippen molar-refractivity contribution in [1.82, 2.24) is 15.3 Å². The zero-order chi connectivity index (χ0) is 28.9. The molecule has 0 aliphatic heterocycles. The van der Waals surface area contributed by atoms with Gasteiger partial charge in [0.15, 0.2) is 0 Å². The second-order valence-corrected chi connectivity index (χ2v) is 9.18. The van der Waals surface area contributed by atoms with Crippen LogP contribution in [-0.2, 0) is 28.9 Å². The Hall–Kier alpha value is -4.25. The number of unbranched alkanes of at least 4 members (excludes halogenated alkanes) is 1. The van der Waals surface area contributed by atoms with Gasteiger partial charge >= 0.3 is 17.9 Å². The molecule has 0 spiro atoms. The van der Waals surface area contributed by atoms with Gasteiger partial charge in [0.2, 0.25) is 5.91 Å². The summed E-state index contributed by atoms with van der Waals surface area (Å²) >= 11 is 0. The Morgan fingerprint density at radius 1 is 1.08 bits per heavy atom. The number of aromatic nitrogens is 2. The van der Waals surface area contributed by atoms with Crippen molar-refractivity contribution in [2.24, 2.45) is 5.73 Å². The van der Waals surface area contributed by atoms with Crippen molar-refractivity contribution in [1.29, 1.82) is 0 Å². The van der Waals surface area contributed by atoms with Gasteiger partial charge in [-0.2, -0.15) is 0 Å². The molecule has 210 valence electrons. The van der Waals surface area contributed by atoms with Crippen LogP contribution in [0, 0.1) is 0 Å². The SMILES string of the molecule is CCCCc1ccc(C(=O)O)nc1.CN[C@@H]1CCc2[nH]c3ccc(C(N)=O)cc3c2C1.O=C(O)CCC(=O)O. The molecule has 0 unspecified atom stereocenters. The highest BCUT2D eigenvalue weighted by atomic mass is 16.4. The monoisotopic (exact) mass is 540 g/mol. The van der Waals surface area contributed by atoms with Gasteiger partial charge in [0.05, 0.1) is 12.8 Å². The number of H-pyrrole nitrogens is 1. The predicted molar refractivity (Wildman–Crippen MR) is 146 cm³/mol. The number of carbonyl (C=O) groups excluding carboxylic acids is 1. The fourth-order valence-electron chi connectivity index (χ4n) is 4.11. The van der Waals surface area contributed by atoms with E-state index in [1.165, 1.54) is 11.3 Å². The van der Waals surface area contributed by atoms with E-state index < -0.39 is 17.9 Å². The lowest BCUT2D eigenvalue weighted by Gasteiger charge is -2.21.